The number of hydrogen-bond acceptors (Lipinski definition) is 5. The van der Waals surface area contributed by atoms with E-state index < -0.39 is 5.54 Å². The van der Waals surface area contributed by atoms with Gasteiger partial charge in [-0.3, -0.25) is 4.98 Å². The highest BCUT2D eigenvalue weighted by Crippen LogP contribution is 2.33. The Bertz CT molecular complexity index is 531. The summed E-state index contributed by atoms with van der Waals surface area (Å²) in [5.74, 6) is 1.27. The van der Waals surface area contributed by atoms with E-state index in [2.05, 4.69) is 15.1 Å². The molecule has 0 amide bonds. The average molecular weight is 258 g/mol. The molecule has 0 atom stereocenters. The topological polar surface area (TPSA) is 77.8 Å². The van der Waals surface area contributed by atoms with Gasteiger partial charge in [0.2, 0.25) is 5.89 Å². The van der Waals surface area contributed by atoms with Gasteiger partial charge in [-0.05, 0) is 24.5 Å². The summed E-state index contributed by atoms with van der Waals surface area (Å²) in [5, 5.41) is 4.04. The van der Waals surface area contributed by atoms with E-state index in [0.717, 1.165) is 31.2 Å². The monoisotopic (exact) mass is 258 g/mol. The first-order valence-electron chi connectivity index (χ1n) is 6.77. The summed E-state index contributed by atoms with van der Waals surface area (Å²) >= 11 is 0. The van der Waals surface area contributed by atoms with Crippen molar-refractivity contribution in [2.75, 3.05) is 0 Å². The van der Waals surface area contributed by atoms with Crippen molar-refractivity contribution < 1.29 is 4.52 Å². The summed E-state index contributed by atoms with van der Waals surface area (Å²) in [6, 6.07) is 3.91. The van der Waals surface area contributed by atoms with Gasteiger partial charge in [-0.2, -0.15) is 4.98 Å². The predicted octanol–water partition coefficient (Wildman–Crippen LogP) is 2.17. The lowest BCUT2D eigenvalue weighted by atomic mass is 9.82. The number of nitrogens with zero attached hydrogens (tertiary/aromatic N) is 3. The van der Waals surface area contributed by atoms with Gasteiger partial charge in [-0.1, -0.05) is 30.5 Å². The lowest BCUT2D eigenvalue weighted by Gasteiger charge is -2.29. The van der Waals surface area contributed by atoms with Crippen LogP contribution in [0.15, 0.2) is 29.0 Å². The smallest absolute Gasteiger partial charge is 0.246 e. The molecular weight excluding hydrogens is 240 g/mol. The van der Waals surface area contributed by atoms with Crippen LogP contribution in [0, 0.1) is 0 Å². The van der Waals surface area contributed by atoms with Crippen molar-refractivity contribution >= 4 is 0 Å². The van der Waals surface area contributed by atoms with Gasteiger partial charge >= 0.3 is 0 Å². The summed E-state index contributed by atoms with van der Waals surface area (Å²) in [4.78, 5) is 8.55. The molecule has 19 heavy (non-hydrogen) atoms. The quantitative estimate of drug-likeness (QED) is 0.912. The minimum atomic E-state index is -0.418. The van der Waals surface area contributed by atoms with Crippen LogP contribution in [0.5, 0.6) is 0 Å². The molecule has 100 valence electrons. The van der Waals surface area contributed by atoms with E-state index in [4.69, 9.17) is 10.3 Å². The van der Waals surface area contributed by atoms with Crippen molar-refractivity contribution in [3.8, 4) is 0 Å². The second kappa shape index (κ2) is 5.09. The second-order valence-electron chi connectivity index (χ2n) is 5.27. The van der Waals surface area contributed by atoms with Crippen molar-refractivity contribution in [2.24, 2.45) is 5.73 Å². The zero-order valence-electron chi connectivity index (χ0n) is 10.9. The Balaban J connectivity index is 1.76. The highest BCUT2D eigenvalue weighted by atomic mass is 16.5. The zero-order valence-corrected chi connectivity index (χ0v) is 10.9. The molecule has 3 rings (SSSR count). The van der Waals surface area contributed by atoms with Crippen LogP contribution in [0.4, 0.5) is 0 Å². The molecule has 1 aliphatic rings. The van der Waals surface area contributed by atoms with Crippen LogP contribution in [-0.2, 0) is 12.0 Å². The molecule has 5 heteroatoms. The zero-order chi connectivity index (χ0) is 13.1. The SMILES string of the molecule is NC1(c2nc(Cc3cccnc3)no2)CCCCC1. The third kappa shape index (κ3) is 2.66. The van der Waals surface area contributed by atoms with Gasteiger partial charge < -0.3 is 10.3 Å². The fourth-order valence-electron chi connectivity index (χ4n) is 2.61. The average Bonchev–Trinajstić information content (AvgIpc) is 2.90. The Kier molecular flexibility index (Phi) is 3.29. The Hall–Kier alpha value is -1.75. The number of rotatable bonds is 3. The van der Waals surface area contributed by atoms with Gasteiger partial charge in [0.15, 0.2) is 5.82 Å². The summed E-state index contributed by atoms with van der Waals surface area (Å²) in [6.07, 6.45) is 9.58. The van der Waals surface area contributed by atoms with Gasteiger partial charge in [0, 0.05) is 18.8 Å². The molecule has 1 saturated carbocycles. The minimum Gasteiger partial charge on any atom is -0.337 e. The molecule has 2 aromatic heterocycles. The number of hydrogen-bond donors (Lipinski definition) is 1. The molecule has 0 bridgehead atoms. The Morgan fingerprint density at radius 1 is 1.26 bits per heavy atom. The van der Waals surface area contributed by atoms with E-state index >= 15 is 0 Å². The Morgan fingerprint density at radius 3 is 2.84 bits per heavy atom. The Labute approximate surface area is 112 Å². The van der Waals surface area contributed by atoms with Crippen LogP contribution >= 0.6 is 0 Å². The number of nitrogens with two attached hydrogens (primary N) is 1. The molecule has 0 spiro atoms. The van der Waals surface area contributed by atoms with Crippen molar-refractivity contribution in [1.82, 2.24) is 15.1 Å². The molecule has 0 unspecified atom stereocenters. The van der Waals surface area contributed by atoms with Crippen LogP contribution in [-0.4, -0.2) is 15.1 Å². The molecule has 0 radical (unpaired) electrons. The molecule has 1 aliphatic carbocycles. The summed E-state index contributed by atoms with van der Waals surface area (Å²) in [7, 11) is 0. The molecular formula is C14H18N4O. The van der Waals surface area contributed by atoms with Crippen LogP contribution < -0.4 is 5.73 Å². The van der Waals surface area contributed by atoms with E-state index in [1.807, 2.05) is 18.3 Å². The first-order chi connectivity index (χ1) is 9.26. The van der Waals surface area contributed by atoms with Gasteiger partial charge in [0.25, 0.3) is 0 Å². The van der Waals surface area contributed by atoms with E-state index in [-0.39, 0.29) is 0 Å². The molecule has 1 fully saturated rings. The maximum atomic E-state index is 6.38. The summed E-state index contributed by atoms with van der Waals surface area (Å²) in [6.45, 7) is 0. The minimum absolute atomic E-state index is 0.418. The second-order valence-corrected chi connectivity index (χ2v) is 5.27. The van der Waals surface area contributed by atoms with Crippen LogP contribution in [0.1, 0.15) is 49.4 Å². The lowest BCUT2D eigenvalue weighted by molar-refractivity contribution is 0.219. The normalized spacial score (nSPS) is 18.4. The molecule has 2 N–H and O–H groups in total. The maximum absolute atomic E-state index is 6.38. The van der Waals surface area contributed by atoms with Gasteiger partial charge in [-0.25, -0.2) is 0 Å². The maximum Gasteiger partial charge on any atom is 0.246 e. The van der Waals surface area contributed by atoms with E-state index in [1.165, 1.54) is 6.42 Å². The first kappa shape index (κ1) is 12.3. The lowest BCUT2D eigenvalue weighted by Crippen LogP contribution is -2.39. The number of pyridine rings is 1. The van der Waals surface area contributed by atoms with Crippen molar-refractivity contribution in [3.05, 3.63) is 41.8 Å². The van der Waals surface area contributed by atoms with Crippen LogP contribution in [0.2, 0.25) is 0 Å². The van der Waals surface area contributed by atoms with E-state index in [1.54, 1.807) is 6.20 Å². The van der Waals surface area contributed by atoms with Gasteiger partial charge in [0.05, 0.1) is 5.54 Å². The molecule has 2 aromatic rings. The molecule has 5 nitrogen and oxygen atoms in total. The highest BCUT2D eigenvalue weighted by Gasteiger charge is 2.35. The summed E-state index contributed by atoms with van der Waals surface area (Å²) in [5.41, 5.74) is 7.03. The standard InChI is InChI=1S/C14H18N4O/c15-14(6-2-1-3-7-14)13-17-12(18-19-13)9-11-5-4-8-16-10-11/h4-5,8,10H,1-3,6-7,9,15H2. The third-order valence-electron chi connectivity index (χ3n) is 3.72. The number of aromatic nitrogens is 3. The molecule has 0 aliphatic heterocycles. The van der Waals surface area contributed by atoms with Crippen molar-refractivity contribution in [2.45, 2.75) is 44.1 Å². The van der Waals surface area contributed by atoms with Crippen molar-refractivity contribution in [1.29, 1.82) is 0 Å². The van der Waals surface area contributed by atoms with E-state index in [9.17, 15) is 0 Å². The predicted molar refractivity (Wildman–Crippen MR) is 70.3 cm³/mol. The van der Waals surface area contributed by atoms with Gasteiger partial charge in [-0.15, -0.1) is 0 Å². The largest absolute Gasteiger partial charge is 0.337 e. The molecule has 0 saturated heterocycles. The highest BCUT2D eigenvalue weighted by molar-refractivity contribution is 5.14. The molecule has 2 heterocycles. The fraction of sp³-hybridized carbons (Fsp3) is 0.500. The van der Waals surface area contributed by atoms with Crippen LogP contribution in [0.3, 0.4) is 0 Å². The molecule has 0 aromatic carbocycles. The van der Waals surface area contributed by atoms with E-state index in [0.29, 0.717) is 18.1 Å². The fourth-order valence-corrected chi connectivity index (χ4v) is 2.61. The van der Waals surface area contributed by atoms with Gasteiger partial charge in [0.1, 0.15) is 0 Å². The first-order valence-corrected chi connectivity index (χ1v) is 6.77. The summed E-state index contributed by atoms with van der Waals surface area (Å²) < 4.78 is 5.37. The third-order valence-corrected chi connectivity index (χ3v) is 3.72. The van der Waals surface area contributed by atoms with Crippen molar-refractivity contribution in [3.63, 3.8) is 0 Å². The Morgan fingerprint density at radius 2 is 2.11 bits per heavy atom. The van der Waals surface area contributed by atoms with Crippen LogP contribution in [0.25, 0.3) is 0 Å².